The quantitative estimate of drug-likeness (QED) is 0.559. The minimum atomic E-state index is -5.55. The maximum Gasteiger partial charge on any atom is 0.573 e. The number of hydrogen-bond acceptors (Lipinski definition) is 2. The van der Waals surface area contributed by atoms with Gasteiger partial charge in [-0.1, -0.05) is 15.9 Å². The Bertz CT molecular complexity index is 484. The molecule has 2 nitrogen and oxygen atoms in total. The topological polar surface area (TPSA) is 22.1 Å². The zero-order chi connectivity index (χ0) is 15.7. The van der Waals surface area contributed by atoms with E-state index in [1.165, 1.54) is 0 Å². The van der Waals surface area contributed by atoms with Crippen molar-refractivity contribution < 1.29 is 39.9 Å². The Morgan fingerprint density at radius 3 is 2.05 bits per heavy atom. The normalized spacial score (nSPS) is 12.9. The average Bonchev–Trinajstić information content (AvgIpc) is 2.23. The molecule has 0 radical (unpaired) electrons. The maximum atomic E-state index is 12.7. The highest BCUT2D eigenvalue weighted by atomic mass is 79.9. The second-order valence-corrected chi connectivity index (χ2v) is 3.90. The van der Waals surface area contributed by atoms with Gasteiger partial charge in [-0.05, 0) is 0 Å². The summed E-state index contributed by atoms with van der Waals surface area (Å²) in [4.78, 5) is 3.08. The van der Waals surface area contributed by atoms with E-state index in [4.69, 9.17) is 0 Å². The largest absolute Gasteiger partial charge is 0.573 e. The van der Waals surface area contributed by atoms with E-state index in [0.29, 0.717) is 0 Å². The molecular formula is C9H4BrF8NO. The van der Waals surface area contributed by atoms with E-state index < -0.39 is 46.9 Å². The Kier molecular flexibility index (Phi) is 4.82. The van der Waals surface area contributed by atoms with Crippen molar-refractivity contribution >= 4 is 15.9 Å². The summed E-state index contributed by atoms with van der Waals surface area (Å²) in [7, 11) is 0. The van der Waals surface area contributed by atoms with Crippen molar-refractivity contribution in [2.75, 3.05) is 0 Å². The van der Waals surface area contributed by atoms with Crippen LogP contribution in [0.15, 0.2) is 6.20 Å². The number of aromatic nitrogens is 1. The molecule has 0 saturated heterocycles. The maximum absolute atomic E-state index is 12.7. The second-order valence-electron chi connectivity index (χ2n) is 3.34. The first-order valence-corrected chi connectivity index (χ1v) is 5.78. The first-order chi connectivity index (χ1) is 8.97. The number of rotatable bonds is 3. The molecule has 11 heteroatoms. The van der Waals surface area contributed by atoms with Crippen LogP contribution in [0.25, 0.3) is 0 Å². The van der Waals surface area contributed by atoms with E-state index in [1.807, 2.05) is 0 Å². The third-order valence-electron chi connectivity index (χ3n) is 2.02. The molecule has 0 aliphatic heterocycles. The van der Waals surface area contributed by atoms with E-state index in [1.54, 1.807) is 0 Å². The lowest BCUT2D eigenvalue weighted by Crippen LogP contribution is -2.22. The minimum Gasteiger partial charge on any atom is -0.404 e. The summed E-state index contributed by atoms with van der Waals surface area (Å²) in [5, 5.41) is -0.459. The fourth-order valence-electron chi connectivity index (χ4n) is 1.31. The lowest BCUT2D eigenvalue weighted by atomic mass is 10.1. The Morgan fingerprint density at radius 1 is 1.15 bits per heavy atom. The van der Waals surface area contributed by atoms with E-state index >= 15 is 0 Å². The average molecular weight is 374 g/mol. The number of hydrogen-bond donors (Lipinski definition) is 0. The summed E-state index contributed by atoms with van der Waals surface area (Å²) in [5.74, 6) is -1.98. The van der Waals surface area contributed by atoms with E-state index in [-0.39, 0.29) is 6.20 Å². The highest BCUT2D eigenvalue weighted by Crippen LogP contribution is 2.44. The van der Waals surface area contributed by atoms with Gasteiger partial charge in [0.15, 0.2) is 5.75 Å². The van der Waals surface area contributed by atoms with Gasteiger partial charge in [-0.3, -0.25) is 4.98 Å². The number of pyridine rings is 1. The van der Waals surface area contributed by atoms with Crippen molar-refractivity contribution in [2.24, 2.45) is 0 Å². The third kappa shape index (κ3) is 3.93. The molecule has 0 unspecified atom stereocenters. The van der Waals surface area contributed by atoms with Gasteiger partial charge in [0.2, 0.25) is 0 Å². The van der Waals surface area contributed by atoms with E-state index in [9.17, 15) is 35.1 Å². The van der Waals surface area contributed by atoms with Gasteiger partial charge in [-0.2, -0.15) is 13.2 Å². The smallest absolute Gasteiger partial charge is 0.404 e. The molecule has 0 spiro atoms. The van der Waals surface area contributed by atoms with Crippen molar-refractivity contribution in [2.45, 2.75) is 24.3 Å². The molecule has 0 aromatic carbocycles. The third-order valence-corrected chi connectivity index (χ3v) is 2.55. The van der Waals surface area contributed by atoms with Crippen LogP contribution in [0.3, 0.4) is 0 Å². The van der Waals surface area contributed by atoms with Crippen LogP contribution in [0.2, 0.25) is 0 Å². The zero-order valence-electron chi connectivity index (χ0n) is 9.12. The van der Waals surface area contributed by atoms with Gasteiger partial charge in [0, 0.05) is 11.5 Å². The van der Waals surface area contributed by atoms with Gasteiger partial charge < -0.3 is 4.74 Å². The molecule has 0 aliphatic rings. The predicted molar refractivity (Wildman–Crippen MR) is 53.5 cm³/mol. The molecule has 0 saturated carbocycles. The fourth-order valence-corrected chi connectivity index (χ4v) is 1.75. The molecule has 0 aliphatic carbocycles. The monoisotopic (exact) mass is 373 g/mol. The summed E-state index contributed by atoms with van der Waals surface area (Å²) in [6.45, 7) is 0. The van der Waals surface area contributed by atoms with Crippen molar-refractivity contribution in [1.29, 1.82) is 0 Å². The Morgan fingerprint density at radius 2 is 1.70 bits per heavy atom. The standard InChI is InChI=1S/C9H4BrF8NO/c10-1-4-5(7(11)12)6(20-9(16,17)18)3(2-19-4)8(13,14)15/h2,7H,1H2. The molecule has 1 heterocycles. The van der Waals surface area contributed by atoms with Gasteiger partial charge in [0.1, 0.15) is 5.56 Å². The number of halogens is 9. The molecule has 114 valence electrons. The van der Waals surface area contributed by atoms with Crippen LogP contribution in [-0.2, 0) is 11.5 Å². The number of ether oxygens (including phenoxy) is 1. The van der Waals surface area contributed by atoms with Crippen molar-refractivity contribution in [1.82, 2.24) is 4.98 Å². The first-order valence-electron chi connectivity index (χ1n) is 4.66. The highest BCUT2D eigenvalue weighted by molar-refractivity contribution is 9.08. The minimum absolute atomic E-state index is 0.0174. The summed E-state index contributed by atoms with van der Waals surface area (Å²) in [5.41, 5.74) is -4.24. The first kappa shape index (κ1) is 16.9. The van der Waals surface area contributed by atoms with Crippen LogP contribution in [0.1, 0.15) is 23.2 Å². The summed E-state index contributed by atoms with van der Waals surface area (Å²) in [6.07, 6.45) is -14.5. The second kappa shape index (κ2) is 5.70. The molecule has 1 rings (SSSR count). The SMILES string of the molecule is FC(F)c1c(CBr)ncc(C(F)(F)F)c1OC(F)(F)F. The zero-order valence-corrected chi connectivity index (χ0v) is 10.7. The molecule has 0 fully saturated rings. The molecular weight excluding hydrogens is 370 g/mol. The molecule has 0 amide bonds. The molecule has 1 aromatic rings. The van der Waals surface area contributed by atoms with E-state index in [2.05, 4.69) is 25.7 Å². The van der Waals surface area contributed by atoms with Crippen LogP contribution < -0.4 is 4.74 Å². The molecule has 0 bridgehead atoms. The van der Waals surface area contributed by atoms with Crippen molar-refractivity contribution in [3.63, 3.8) is 0 Å². The summed E-state index contributed by atoms with van der Waals surface area (Å²) in [6, 6.07) is 0. The van der Waals surface area contributed by atoms with Gasteiger partial charge in [0.25, 0.3) is 6.43 Å². The van der Waals surface area contributed by atoms with Crippen LogP contribution in [0.5, 0.6) is 5.75 Å². The lowest BCUT2D eigenvalue weighted by Gasteiger charge is -2.19. The van der Waals surface area contributed by atoms with Crippen molar-refractivity contribution in [3.8, 4) is 5.75 Å². The van der Waals surface area contributed by atoms with Crippen LogP contribution in [0, 0.1) is 0 Å². The molecule has 20 heavy (non-hydrogen) atoms. The number of nitrogens with zero attached hydrogens (tertiary/aromatic N) is 1. The van der Waals surface area contributed by atoms with Crippen LogP contribution >= 0.6 is 15.9 Å². The predicted octanol–water partition coefficient (Wildman–Crippen LogP) is 4.83. The van der Waals surface area contributed by atoms with Gasteiger partial charge in [-0.25, -0.2) is 8.78 Å². The lowest BCUT2D eigenvalue weighted by molar-refractivity contribution is -0.276. The number of alkyl halides is 9. The Balaban J connectivity index is 3.59. The van der Waals surface area contributed by atoms with Crippen LogP contribution in [0.4, 0.5) is 35.1 Å². The van der Waals surface area contributed by atoms with Crippen LogP contribution in [-0.4, -0.2) is 11.3 Å². The fraction of sp³-hybridized carbons (Fsp3) is 0.444. The Hall–Kier alpha value is -1.13. The Labute approximate surface area is 114 Å². The van der Waals surface area contributed by atoms with E-state index in [0.717, 1.165) is 0 Å². The van der Waals surface area contributed by atoms with Gasteiger partial charge in [-0.15, -0.1) is 13.2 Å². The molecule has 0 N–H and O–H groups in total. The summed E-state index contributed by atoms with van der Waals surface area (Å²) < 4.78 is 103. The van der Waals surface area contributed by atoms with Gasteiger partial charge >= 0.3 is 12.5 Å². The molecule has 0 atom stereocenters. The molecule has 1 aromatic heterocycles. The van der Waals surface area contributed by atoms with Gasteiger partial charge in [0.05, 0.1) is 11.3 Å². The van der Waals surface area contributed by atoms with Crippen molar-refractivity contribution in [3.05, 3.63) is 23.0 Å². The highest BCUT2D eigenvalue weighted by Gasteiger charge is 2.43. The summed E-state index contributed by atoms with van der Waals surface area (Å²) >= 11 is 2.65.